The summed E-state index contributed by atoms with van der Waals surface area (Å²) in [4.78, 5) is 31.8. The van der Waals surface area contributed by atoms with Crippen molar-refractivity contribution in [3.8, 4) is 17.0 Å². The summed E-state index contributed by atoms with van der Waals surface area (Å²) in [5.74, 6) is 0.408. The number of thiazole rings is 1. The number of hydrogen-bond donors (Lipinski definition) is 2. The van der Waals surface area contributed by atoms with Crippen LogP contribution in [-0.4, -0.2) is 23.9 Å². The van der Waals surface area contributed by atoms with Crippen molar-refractivity contribution in [3.05, 3.63) is 125 Å². The van der Waals surface area contributed by atoms with Gasteiger partial charge in [-0.05, 0) is 67.1 Å². The standard InChI is InChI=1S/C32H27N3O3S2/c1-21-11-13-24(14-12-21)30(36)33-25-9-6-10-27(19-25)40-29(23-7-4-3-5-8-23)31(37)35-32-34-28(20-39-32)22-15-17-26(38-2)18-16-22/h3-20,29H,1-2H3,(H,33,36)(H,34,35,37). The van der Waals surface area contributed by atoms with Crippen LogP contribution in [0.4, 0.5) is 10.8 Å². The number of ether oxygens (including phenoxy) is 1. The average Bonchev–Trinajstić information content (AvgIpc) is 3.45. The summed E-state index contributed by atoms with van der Waals surface area (Å²) in [6.07, 6.45) is 0. The summed E-state index contributed by atoms with van der Waals surface area (Å²) in [6, 6.07) is 32.2. The molecule has 1 atom stereocenters. The van der Waals surface area contributed by atoms with E-state index >= 15 is 0 Å². The van der Waals surface area contributed by atoms with E-state index in [9.17, 15) is 9.59 Å². The Kier molecular flexibility index (Phi) is 8.59. The fraction of sp³-hybridized carbons (Fsp3) is 0.0938. The number of methoxy groups -OCH3 is 1. The first-order chi connectivity index (χ1) is 19.5. The Labute approximate surface area is 241 Å². The quantitative estimate of drug-likeness (QED) is 0.178. The maximum absolute atomic E-state index is 13.6. The van der Waals surface area contributed by atoms with Crippen LogP contribution < -0.4 is 15.4 Å². The fourth-order valence-corrected chi connectivity index (χ4v) is 5.79. The first-order valence-corrected chi connectivity index (χ1v) is 14.3. The van der Waals surface area contributed by atoms with E-state index in [1.807, 2.05) is 103 Å². The van der Waals surface area contributed by atoms with Gasteiger partial charge < -0.3 is 15.4 Å². The van der Waals surface area contributed by atoms with Gasteiger partial charge in [0, 0.05) is 27.1 Å². The molecule has 1 unspecified atom stereocenters. The molecular weight excluding hydrogens is 539 g/mol. The highest BCUT2D eigenvalue weighted by atomic mass is 32.2. The Bertz CT molecular complexity index is 1600. The number of thioether (sulfide) groups is 1. The number of benzene rings is 4. The van der Waals surface area contributed by atoms with Gasteiger partial charge in [0.1, 0.15) is 11.0 Å². The van der Waals surface area contributed by atoms with Crippen LogP contribution in [0.2, 0.25) is 0 Å². The molecule has 200 valence electrons. The molecule has 5 rings (SSSR count). The molecule has 0 radical (unpaired) electrons. The van der Waals surface area contributed by atoms with Crippen LogP contribution in [0.5, 0.6) is 5.75 Å². The molecule has 0 aliphatic heterocycles. The maximum atomic E-state index is 13.6. The summed E-state index contributed by atoms with van der Waals surface area (Å²) < 4.78 is 5.23. The van der Waals surface area contributed by atoms with Gasteiger partial charge in [-0.2, -0.15) is 0 Å². The van der Waals surface area contributed by atoms with Crippen molar-refractivity contribution in [3.63, 3.8) is 0 Å². The molecule has 0 saturated carbocycles. The Hall–Kier alpha value is -4.40. The van der Waals surface area contributed by atoms with Crippen LogP contribution in [0.15, 0.2) is 113 Å². The van der Waals surface area contributed by atoms with E-state index in [0.29, 0.717) is 16.4 Å². The number of amides is 2. The van der Waals surface area contributed by atoms with Gasteiger partial charge in [0.2, 0.25) is 5.91 Å². The number of aromatic nitrogens is 1. The van der Waals surface area contributed by atoms with E-state index in [-0.39, 0.29) is 11.8 Å². The third kappa shape index (κ3) is 6.77. The minimum Gasteiger partial charge on any atom is -0.497 e. The smallest absolute Gasteiger partial charge is 0.255 e. The van der Waals surface area contributed by atoms with Gasteiger partial charge in [0.05, 0.1) is 12.8 Å². The van der Waals surface area contributed by atoms with E-state index in [1.54, 1.807) is 19.2 Å². The molecule has 2 N–H and O–H groups in total. The summed E-state index contributed by atoms with van der Waals surface area (Å²) in [5.41, 5.74) is 4.93. The maximum Gasteiger partial charge on any atom is 0.255 e. The first kappa shape index (κ1) is 27.2. The number of rotatable bonds is 9. The summed E-state index contributed by atoms with van der Waals surface area (Å²) in [7, 11) is 1.63. The van der Waals surface area contributed by atoms with Crippen LogP contribution in [0.1, 0.15) is 26.7 Å². The molecule has 6 nitrogen and oxygen atoms in total. The van der Waals surface area contributed by atoms with Crippen molar-refractivity contribution in [2.75, 3.05) is 17.7 Å². The van der Waals surface area contributed by atoms with Gasteiger partial charge in [0.25, 0.3) is 5.91 Å². The fourth-order valence-electron chi connectivity index (χ4n) is 3.99. The van der Waals surface area contributed by atoms with Crippen LogP contribution in [0, 0.1) is 6.92 Å². The predicted octanol–water partition coefficient (Wildman–Crippen LogP) is 7.85. The molecular formula is C32H27N3O3S2. The largest absolute Gasteiger partial charge is 0.497 e. The zero-order valence-corrected chi connectivity index (χ0v) is 23.6. The van der Waals surface area contributed by atoms with E-state index in [1.165, 1.54) is 23.1 Å². The minimum absolute atomic E-state index is 0.180. The van der Waals surface area contributed by atoms with Crippen molar-refractivity contribution < 1.29 is 14.3 Å². The molecule has 1 aromatic heterocycles. The molecule has 40 heavy (non-hydrogen) atoms. The first-order valence-electron chi connectivity index (χ1n) is 12.6. The third-order valence-corrected chi connectivity index (χ3v) is 8.13. The molecule has 1 heterocycles. The van der Waals surface area contributed by atoms with Gasteiger partial charge in [-0.15, -0.1) is 23.1 Å². The normalized spacial score (nSPS) is 11.4. The van der Waals surface area contributed by atoms with Gasteiger partial charge in [-0.3, -0.25) is 9.59 Å². The van der Waals surface area contributed by atoms with E-state index < -0.39 is 5.25 Å². The third-order valence-electron chi connectivity index (χ3n) is 6.12. The minimum atomic E-state index is -0.530. The molecule has 0 fully saturated rings. The summed E-state index contributed by atoms with van der Waals surface area (Å²) >= 11 is 2.79. The highest BCUT2D eigenvalue weighted by Gasteiger charge is 2.23. The van der Waals surface area contributed by atoms with Gasteiger partial charge in [-0.25, -0.2) is 4.98 Å². The van der Waals surface area contributed by atoms with Gasteiger partial charge in [0.15, 0.2) is 5.13 Å². The number of nitrogens with zero attached hydrogens (tertiary/aromatic N) is 1. The van der Waals surface area contributed by atoms with Gasteiger partial charge in [-0.1, -0.05) is 54.1 Å². The van der Waals surface area contributed by atoms with Crippen molar-refractivity contribution in [2.24, 2.45) is 0 Å². The lowest BCUT2D eigenvalue weighted by molar-refractivity contribution is -0.115. The molecule has 2 amide bonds. The van der Waals surface area contributed by atoms with E-state index in [0.717, 1.165) is 33.0 Å². The van der Waals surface area contributed by atoms with E-state index in [2.05, 4.69) is 15.6 Å². The molecule has 0 saturated heterocycles. The van der Waals surface area contributed by atoms with Gasteiger partial charge >= 0.3 is 0 Å². The average molecular weight is 566 g/mol. The SMILES string of the molecule is COc1ccc(-c2csc(NC(=O)C(Sc3cccc(NC(=O)c4ccc(C)cc4)c3)c3ccccc3)n2)cc1. The highest BCUT2D eigenvalue weighted by Crippen LogP contribution is 2.38. The number of carbonyl (C=O) groups is 2. The van der Waals surface area contributed by atoms with Crippen molar-refractivity contribution in [1.82, 2.24) is 4.98 Å². The number of nitrogens with one attached hydrogen (secondary N) is 2. The molecule has 4 aromatic carbocycles. The molecule has 0 aliphatic carbocycles. The number of hydrogen-bond acceptors (Lipinski definition) is 6. The Morgan fingerprint density at radius 2 is 1.62 bits per heavy atom. The monoisotopic (exact) mass is 565 g/mol. The topological polar surface area (TPSA) is 80.3 Å². The predicted molar refractivity (Wildman–Crippen MR) is 163 cm³/mol. The second-order valence-corrected chi connectivity index (χ2v) is 11.0. The van der Waals surface area contributed by atoms with Crippen molar-refractivity contribution in [2.45, 2.75) is 17.1 Å². The van der Waals surface area contributed by atoms with Crippen LogP contribution in [-0.2, 0) is 4.79 Å². The van der Waals surface area contributed by atoms with Crippen LogP contribution >= 0.6 is 23.1 Å². The lowest BCUT2D eigenvalue weighted by atomic mass is 10.1. The lowest BCUT2D eigenvalue weighted by Gasteiger charge is -2.17. The lowest BCUT2D eigenvalue weighted by Crippen LogP contribution is -2.19. The molecule has 0 bridgehead atoms. The second kappa shape index (κ2) is 12.6. The Morgan fingerprint density at radius 3 is 2.35 bits per heavy atom. The van der Waals surface area contributed by atoms with Crippen molar-refractivity contribution >= 4 is 45.7 Å². The highest BCUT2D eigenvalue weighted by molar-refractivity contribution is 8.00. The Morgan fingerprint density at radius 1 is 0.875 bits per heavy atom. The van der Waals surface area contributed by atoms with Crippen LogP contribution in [0.25, 0.3) is 11.3 Å². The van der Waals surface area contributed by atoms with E-state index in [4.69, 9.17) is 4.74 Å². The zero-order valence-electron chi connectivity index (χ0n) is 22.0. The number of aryl methyl sites for hydroxylation is 1. The molecule has 0 spiro atoms. The van der Waals surface area contributed by atoms with Crippen LogP contribution in [0.3, 0.4) is 0 Å². The molecule has 0 aliphatic rings. The number of carbonyl (C=O) groups excluding carboxylic acids is 2. The molecule has 8 heteroatoms. The second-order valence-electron chi connectivity index (χ2n) is 9.01. The van der Waals surface area contributed by atoms with Crippen molar-refractivity contribution in [1.29, 1.82) is 0 Å². The summed E-state index contributed by atoms with van der Waals surface area (Å²) in [5, 5.41) is 7.87. The molecule has 5 aromatic rings. The summed E-state index contributed by atoms with van der Waals surface area (Å²) in [6.45, 7) is 1.98. The Balaban J connectivity index is 1.32. The zero-order chi connectivity index (χ0) is 27.9. The number of anilines is 2.